The molecule has 3 rings (SSSR count). The predicted molar refractivity (Wildman–Crippen MR) is 94.3 cm³/mol. The van der Waals surface area contributed by atoms with Gasteiger partial charge in [0.1, 0.15) is 0 Å². The highest BCUT2D eigenvalue weighted by Gasteiger charge is 2.08. The van der Waals surface area contributed by atoms with Gasteiger partial charge in [-0.1, -0.05) is 23.7 Å². The Hall–Kier alpha value is -3.12. The number of hydrogen-bond donors (Lipinski definition) is 2. The summed E-state index contributed by atoms with van der Waals surface area (Å²) in [5.41, 5.74) is 6.87. The van der Waals surface area contributed by atoms with Crippen LogP contribution in [0.2, 0.25) is 5.02 Å². The fourth-order valence-electron chi connectivity index (χ4n) is 2.22. The van der Waals surface area contributed by atoms with Gasteiger partial charge in [0, 0.05) is 23.0 Å². The minimum absolute atomic E-state index is 0.148. The van der Waals surface area contributed by atoms with Crippen molar-refractivity contribution in [3.8, 4) is 5.69 Å². The summed E-state index contributed by atoms with van der Waals surface area (Å²) in [6, 6.07) is 15.6. The molecule has 0 aliphatic heterocycles. The number of hydrogen-bond acceptors (Lipinski definition) is 3. The Morgan fingerprint density at radius 2 is 1.72 bits per heavy atom. The van der Waals surface area contributed by atoms with Gasteiger partial charge in [-0.05, 0) is 48.0 Å². The summed E-state index contributed by atoms with van der Waals surface area (Å²) in [5, 5.41) is 4.72. The van der Waals surface area contributed by atoms with Crippen molar-refractivity contribution in [1.29, 1.82) is 0 Å². The number of benzene rings is 2. The van der Waals surface area contributed by atoms with Crippen molar-refractivity contribution in [1.82, 2.24) is 20.6 Å². The number of halogens is 1. The van der Waals surface area contributed by atoms with E-state index in [1.54, 1.807) is 59.4 Å². The molecule has 0 saturated carbocycles. The van der Waals surface area contributed by atoms with Crippen LogP contribution in [0.25, 0.3) is 5.69 Å². The first-order valence-electron chi connectivity index (χ1n) is 7.55. The normalized spacial score (nSPS) is 10.3. The molecule has 0 aliphatic carbocycles. The zero-order valence-corrected chi connectivity index (χ0v) is 13.9. The van der Waals surface area contributed by atoms with Crippen LogP contribution >= 0.6 is 11.6 Å². The van der Waals surface area contributed by atoms with E-state index < -0.39 is 5.91 Å². The monoisotopic (exact) mass is 354 g/mol. The Morgan fingerprint density at radius 3 is 2.36 bits per heavy atom. The fraction of sp³-hybridized carbons (Fsp3) is 0.0556. The number of amides is 2. The van der Waals surface area contributed by atoms with E-state index in [9.17, 15) is 9.59 Å². The molecule has 0 bridgehead atoms. The lowest BCUT2D eigenvalue weighted by molar-refractivity contribution is -0.121. The maximum Gasteiger partial charge on any atom is 0.269 e. The van der Waals surface area contributed by atoms with Crippen LogP contribution in [0, 0.1) is 0 Å². The summed E-state index contributed by atoms with van der Waals surface area (Å²) in [6.07, 6.45) is 3.64. The molecule has 0 radical (unpaired) electrons. The molecule has 0 fully saturated rings. The van der Waals surface area contributed by atoms with Crippen molar-refractivity contribution in [2.45, 2.75) is 6.42 Å². The quantitative estimate of drug-likeness (QED) is 0.707. The topological polar surface area (TPSA) is 76.0 Å². The van der Waals surface area contributed by atoms with E-state index in [-0.39, 0.29) is 12.3 Å². The Morgan fingerprint density at radius 1 is 1.00 bits per heavy atom. The van der Waals surface area contributed by atoms with Crippen molar-refractivity contribution in [2.24, 2.45) is 0 Å². The Labute approximate surface area is 149 Å². The average Bonchev–Trinajstić information content (AvgIpc) is 3.16. The van der Waals surface area contributed by atoms with Crippen LogP contribution in [-0.2, 0) is 11.2 Å². The summed E-state index contributed by atoms with van der Waals surface area (Å²) in [4.78, 5) is 24.0. The predicted octanol–water partition coefficient (Wildman–Crippen LogP) is 2.53. The summed E-state index contributed by atoms with van der Waals surface area (Å²) in [5.74, 6) is -0.708. The number of aromatic nitrogens is 2. The van der Waals surface area contributed by atoms with E-state index in [1.807, 2.05) is 12.3 Å². The fourth-order valence-corrected chi connectivity index (χ4v) is 2.34. The number of carbonyl (C=O) groups is 2. The summed E-state index contributed by atoms with van der Waals surface area (Å²) >= 11 is 5.80. The van der Waals surface area contributed by atoms with Gasteiger partial charge in [0.15, 0.2) is 0 Å². The molecule has 0 aliphatic rings. The van der Waals surface area contributed by atoms with Crippen molar-refractivity contribution in [3.05, 3.63) is 83.1 Å². The maximum atomic E-state index is 12.1. The summed E-state index contributed by atoms with van der Waals surface area (Å²) in [7, 11) is 0. The van der Waals surface area contributed by atoms with E-state index >= 15 is 0 Å². The van der Waals surface area contributed by atoms with Gasteiger partial charge >= 0.3 is 0 Å². The van der Waals surface area contributed by atoms with Gasteiger partial charge in [-0.15, -0.1) is 0 Å². The molecule has 25 heavy (non-hydrogen) atoms. The molecule has 6 nitrogen and oxygen atoms in total. The number of nitrogens with one attached hydrogen (secondary N) is 2. The van der Waals surface area contributed by atoms with Crippen molar-refractivity contribution in [3.63, 3.8) is 0 Å². The van der Waals surface area contributed by atoms with Crippen LogP contribution < -0.4 is 10.9 Å². The number of carbonyl (C=O) groups excluding carboxylic acids is 2. The van der Waals surface area contributed by atoms with Crippen LogP contribution in [0.15, 0.2) is 67.0 Å². The van der Waals surface area contributed by atoms with Crippen molar-refractivity contribution in [2.75, 3.05) is 0 Å². The third kappa shape index (κ3) is 4.45. The minimum Gasteiger partial charge on any atom is -0.273 e. The average molecular weight is 355 g/mol. The zero-order valence-electron chi connectivity index (χ0n) is 13.1. The van der Waals surface area contributed by atoms with Crippen LogP contribution in [0.1, 0.15) is 15.9 Å². The molecule has 0 spiro atoms. The smallest absolute Gasteiger partial charge is 0.269 e. The molecule has 2 N–H and O–H groups in total. The molecule has 126 valence electrons. The molecule has 1 heterocycles. The Balaban J connectivity index is 1.53. The molecule has 7 heteroatoms. The standard InChI is InChI=1S/C18H15ClN4O2/c19-15-6-2-13(3-7-15)12-17(24)21-22-18(25)14-4-8-16(9-5-14)23-11-1-10-20-23/h1-11H,12H2,(H,21,24)(H,22,25). The summed E-state index contributed by atoms with van der Waals surface area (Å²) < 4.78 is 1.69. The number of nitrogens with zero attached hydrogens (tertiary/aromatic N) is 2. The Kier molecular flexibility index (Phi) is 5.11. The van der Waals surface area contributed by atoms with Crippen molar-refractivity contribution >= 4 is 23.4 Å². The highest BCUT2D eigenvalue weighted by atomic mass is 35.5. The first kappa shape index (κ1) is 16.7. The van der Waals surface area contributed by atoms with Gasteiger partial charge in [-0.2, -0.15) is 5.10 Å². The molecule has 0 saturated heterocycles. The van der Waals surface area contributed by atoms with Crippen LogP contribution in [0.5, 0.6) is 0 Å². The lowest BCUT2D eigenvalue weighted by atomic mass is 10.1. The second-order valence-electron chi connectivity index (χ2n) is 5.30. The lowest BCUT2D eigenvalue weighted by Gasteiger charge is -2.08. The zero-order chi connectivity index (χ0) is 17.6. The van der Waals surface area contributed by atoms with Gasteiger partial charge in [0.25, 0.3) is 5.91 Å². The number of rotatable bonds is 4. The highest BCUT2D eigenvalue weighted by molar-refractivity contribution is 6.30. The molecular formula is C18H15ClN4O2. The van der Waals surface area contributed by atoms with Crippen molar-refractivity contribution < 1.29 is 9.59 Å². The molecule has 1 aromatic heterocycles. The van der Waals surface area contributed by atoms with Gasteiger partial charge in [-0.25, -0.2) is 4.68 Å². The van der Waals surface area contributed by atoms with E-state index in [1.165, 1.54) is 0 Å². The molecule has 3 aromatic rings. The van der Waals surface area contributed by atoms with E-state index in [0.29, 0.717) is 10.6 Å². The Bertz CT molecular complexity index is 859. The van der Waals surface area contributed by atoms with Crippen LogP contribution in [-0.4, -0.2) is 21.6 Å². The summed E-state index contributed by atoms with van der Waals surface area (Å²) in [6.45, 7) is 0. The SMILES string of the molecule is O=C(Cc1ccc(Cl)cc1)NNC(=O)c1ccc(-n2cccn2)cc1. The van der Waals surface area contributed by atoms with E-state index in [4.69, 9.17) is 11.6 Å². The first-order chi connectivity index (χ1) is 12.1. The second-order valence-corrected chi connectivity index (χ2v) is 5.74. The van der Waals surface area contributed by atoms with Crippen LogP contribution in [0.3, 0.4) is 0 Å². The molecule has 2 aromatic carbocycles. The van der Waals surface area contributed by atoms with Crippen LogP contribution in [0.4, 0.5) is 0 Å². The molecule has 2 amide bonds. The minimum atomic E-state index is -0.392. The van der Waals surface area contributed by atoms with Gasteiger partial charge in [0.05, 0.1) is 12.1 Å². The molecular weight excluding hydrogens is 340 g/mol. The molecule has 0 atom stereocenters. The van der Waals surface area contributed by atoms with Gasteiger partial charge < -0.3 is 0 Å². The third-order valence-electron chi connectivity index (χ3n) is 3.49. The molecule has 0 unspecified atom stereocenters. The second kappa shape index (κ2) is 7.63. The van der Waals surface area contributed by atoms with Gasteiger partial charge in [0.2, 0.25) is 5.91 Å². The van der Waals surface area contributed by atoms with E-state index in [2.05, 4.69) is 16.0 Å². The lowest BCUT2D eigenvalue weighted by Crippen LogP contribution is -2.42. The number of hydrazine groups is 1. The maximum absolute atomic E-state index is 12.1. The largest absolute Gasteiger partial charge is 0.273 e. The van der Waals surface area contributed by atoms with E-state index in [0.717, 1.165) is 11.3 Å². The first-order valence-corrected chi connectivity index (χ1v) is 7.93. The third-order valence-corrected chi connectivity index (χ3v) is 3.74. The van der Waals surface area contributed by atoms with Gasteiger partial charge in [-0.3, -0.25) is 20.4 Å². The highest BCUT2D eigenvalue weighted by Crippen LogP contribution is 2.10.